The van der Waals surface area contributed by atoms with Crippen LogP contribution in [0.2, 0.25) is 0 Å². The Morgan fingerprint density at radius 2 is 2.62 bits per heavy atom. The zero-order valence-electron chi connectivity index (χ0n) is 4.51. The number of rotatable bonds is 1. The lowest BCUT2D eigenvalue weighted by Gasteiger charge is -2.04. The largest absolute Gasteiger partial charge is 0.289 e. The second-order valence-corrected chi connectivity index (χ2v) is 1.37. The molecule has 1 rings (SSSR count). The maximum Gasteiger partial charge on any atom is 0.218 e. The van der Waals surface area contributed by atoms with Crippen molar-refractivity contribution in [2.24, 2.45) is 5.10 Å². The molecule has 0 amide bonds. The van der Waals surface area contributed by atoms with Crippen molar-refractivity contribution >= 4 is 12.0 Å². The molecule has 0 saturated heterocycles. The van der Waals surface area contributed by atoms with Crippen LogP contribution in [-0.2, 0) is 4.79 Å². The van der Waals surface area contributed by atoms with Gasteiger partial charge in [-0.2, -0.15) is 5.10 Å². The number of hydrogen-bond donors (Lipinski definition) is 0. The molecule has 0 bridgehead atoms. The normalized spacial score (nSPS) is 18.1. The summed E-state index contributed by atoms with van der Waals surface area (Å²) in [6.45, 7) is 4.99. The van der Waals surface area contributed by atoms with Gasteiger partial charge in [-0.05, 0) is 6.92 Å². The third kappa shape index (κ3) is 0.857. The van der Waals surface area contributed by atoms with Gasteiger partial charge in [-0.1, -0.05) is 0 Å². The van der Waals surface area contributed by atoms with E-state index < -0.39 is 0 Å². The maximum absolute atomic E-state index is 10.3. The van der Waals surface area contributed by atoms with Gasteiger partial charge in [0.05, 0.1) is 0 Å². The van der Waals surface area contributed by atoms with Crippen molar-refractivity contribution in [3.05, 3.63) is 6.54 Å². The van der Waals surface area contributed by atoms with E-state index in [2.05, 4.69) is 17.9 Å². The number of Topliss-reactive ketones (excluding diaryl/α,β-unsaturated/α-hetero) is 1. The van der Waals surface area contributed by atoms with Gasteiger partial charge in [0.25, 0.3) is 0 Å². The zero-order chi connectivity index (χ0) is 5.98. The maximum atomic E-state index is 10.3. The Morgan fingerprint density at radius 3 is 2.88 bits per heavy atom. The van der Waals surface area contributed by atoms with Crippen LogP contribution >= 0.6 is 0 Å². The smallest absolute Gasteiger partial charge is 0.218 e. The molecule has 0 aromatic rings. The number of hydrogen-bond acceptors (Lipinski definition) is 3. The highest BCUT2D eigenvalue weighted by molar-refractivity contribution is 6.32. The van der Waals surface area contributed by atoms with Crippen LogP contribution in [-0.4, -0.2) is 23.6 Å². The minimum absolute atomic E-state index is 0.271. The molecule has 0 aliphatic carbocycles. The Labute approximate surface area is 48.0 Å². The fourth-order valence-corrected chi connectivity index (χ4v) is 0.423. The number of nitrogens with zero attached hydrogens (tertiary/aromatic N) is 2. The summed E-state index contributed by atoms with van der Waals surface area (Å²) < 4.78 is 0. The molecule has 1 heterocycles. The molecule has 0 aromatic carbocycles. The monoisotopic (exact) mass is 109 g/mol. The third-order valence-corrected chi connectivity index (χ3v) is 0.802. The molecule has 1 aliphatic rings. The van der Waals surface area contributed by atoms with E-state index in [9.17, 15) is 4.79 Å². The van der Waals surface area contributed by atoms with Gasteiger partial charge in [-0.15, -0.1) is 0 Å². The van der Waals surface area contributed by atoms with E-state index >= 15 is 0 Å². The van der Waals surface area contributed by atoms with Crippen LogP contribution in [0.25, 0.3) is 0 Å². The van der Waals surface area contributed by atoms with E-state index in [0.29, 0.717) is 6.54 Å². The second-order valence-electron chi connectivity index (χ2n) is 1.37. The quantitative estimate of drug-likeness (QED) is 0.467. The van der Waals surface area contributed by atoms with Crippen molar-refractivity contribution in [2.45, 2.75) is 6.92 Å². The van der Waals surface area contributed by atoms with Gasteiger partial charge in [0, 0.05) is 6.54 Å². The first-order valence-corrected chi connectivity index (χ1v) is 2.37. The highest BCUT2D eigenvalue weighted by Crippen LogP contribution is 1.98. The van der Waals surface area contributed by atoms with Crippen molar-refractivity contribution in [3.63, 3.8) is 0 Å². The minimum Gasteiger partial charge on any atom is -0.289 e. The topological polar surface area (TPSA) is 32.7 Å². The summed E-state index contributed by atoms with van der Waals surface area (Å²) in [6, 6.07) is 0. The van der Waals surface area contributed by atoms with E-state index in [-0.39, 0.29) is 5.78 Å². The van der Waals surface area contributed by atoms with Gasteiger partial charge in [-0.3, -0.25) is 9.80 Å². The minimum atomic E-state index is -0.271. The van der Waals surface area contributed by atoms with E-state index in [1.165, 1.54) is 5.01 Å². The lowest BCUT2D eigenvalue weighted by atomic mass is 10.4. The summed E-state index contributed by atoms with van der Waals surface area (Å²) in [4.78, 5) is 10.3. The van der Waals surface area contributed by atoms with Crippen LogP contribution in [0, 0.1) is 6.54 Å². The van der Waals surface area contributed by atoms with E-state index in [0.717, 1.165) is 0 Å². The van der Waals surface area contributed by atoms with Crippen molar-refractivity contribution in [1.82, 2.24) is 5.01 Å². The average Bonchev–Trinajstić information content (AvgIpc) is 2.14. The second kappa shape index (κ2) is 1.94. The Hall–Kier alpha value is -0.860. The lowest BCUT2D eigenvalue weighted by Crippen LogP contribution is -2.10. The first kappa shape index (κ1) is 5.28. The summed E-state index contributed by atoms with van der Waals surface area (Å²) >= 11 is 0. The highest BCUT2D eigenvalue weighted by atomic mass is 16.1. The summed E-state index contributed by atoms with van der Waals surface area (Å²) in [5.74, 6) is -0.271. The summed E-state index contributed by atoms with van der Waals surface area (Å²) in [7, 11) is 0. The molecular weight excluding hydrogens is 104 g/mol. The Morgan fingerprint density at radius 1 is 1.88 bits per heavy atom. The SMILES string of the molecule is CCN1[C]C(=O)[C]=N1. The average molecular weight is 109 g/mol. The Bertz CT molecular complexity index is 130. The first-order chi connectivity index (χ1) is 3.83. The van der Waals surface area contributed by atoms with Crippen LogP contribution in [0.1, 0.15) is 6.92 Å². The fraction of sp³-hybridized carbons (Fsp3) is 0.400. The number of ketones is 1. The number of likely N-dealkylation sites (N-methyl/N-ethyl adjacent to an activating group) is 1. The van der Waals surface area contributed by atoms with Crippen molar-refractivity contribution < 1.29 is 4.79 Å². The van der Waals surface area contributed by atoms with Gasteiger partial charge in [0.2, 0.25) is 5.78 Å². The highest BCUT2D eigenvalue weighted by Gasteiger charge is 2.13. The fourth-order valence-electron chi connectivity index (χ4n) is 0.423. The molecule has 0 aromatic heterocycles. The Kier molecular flexibility index (Phi) is 1.28. The standard InChI is InChI=1S/C5H5N2O/c1-2-7-4-5(8)3-6-7/h2H2,1H3. The number of carbonyl (C=O) groups is 1. The lowest BCUT2D eigenvalue weighted by molar-refractivity contribution is -0.110. The van der Waals surface area contributed by atoms with Crippen LogP contribution < -0.4 is 0 Å². The van der Waals surface area contributed by atoms with E-state index in [1.54, 1.807) is 0 Å². The number of hydrazone groups is 1. The molecule has 0 fully saturated rings. The molecule has 3 radical (unpaired) electrons. The third-order valence-electron chi connectivity index (χ3n) is 0.802. The molecule has 0 unspecified atom stereocenters. The molecule has 41 valence electrons. The van der Waals surface area contributed by atoms with Crippen LogP contribution in [0.4, 0.5) is 0 Å². The molecule has 0 spiro atoms. The molecule has 8 heavy (non-hydrogen) atoms. The molecule has 0 N–H and O–H groups in total. The summed E-state index contributed by atoms with van der Waals surface area (Å²) in [6.07, 6.45) is 2.22. The Balaban J connectivity index is 2.46. The molecule has 3 heteroatoms. The van der Waals surface area contributed by atoms with Crippen LogP contribution in [0.5, 0.6) is 0 Å². The van der Waals surface area contributed by atoms with Crippen molar-refractivity contribution in [3.8, 4) is 0 Å². The van der Waals surface area contributed by atoms with Crippen LogP contribution in [0.15, 0.2) is 5.10 Å². The molecule has 1 aliphatic heterocycles. The van der Waals surface area contributed by atoms with Gasteiger partial charge in [0.1, 0.15) is 0 Å². The van der Waals surface area contributed by atoms with Crippen LogP contribution in [0.3, 0.4) is 0 Å². The molecule has 0 saturated carbocycles. The zero-order valence-corrected chi connectivity index (χ0v) is 4.51. The van der Waals surface area contributed by atoms with Gasteiger partial charge < -0.3 is 0 Å². The summed E-state index contributed by atoms with van der Waals surface area (Å²) in [5, 5.41) is 4.98. The number of carbonyl (C=O) groups excluding carboxylic acids is 1. The van der Waals surface area contributed by atoms with Crippen molar-refractivity contribution in [2.75, 3.05) is 6.54 Å². The van der Waals surface area contributed by atoms with Gasteiger partial charge in [-0.25, -0.2) is 0 Å². The molecular formula is C5H5N2O. The summed E-state index contributed by atoms with van der Waals surface area (Å²) in [5.41, 5.74) is 0. The van der Waals surface area contributed by atoms with E-state index in [4.69, 9.17) is 0 Å². The van der Waals surface area contributed by atoms with Crippen molar-refractivity contribution in [1.29, 1.82) is 0 Å². The molecule has 0 atom stereocenters. The first-order valence-electron chi connectivity index (χ1n) is 2.37. The van der Waals surface area contributed by atoms with Gasteiger partial charge in [0.15, 0.2) is 12.8 Å². The predicted molar refractivity (Wildman–Crippen MR) is 28.1 cm³/mol. The molecule has 3 nitrogen and oxygen atoms in total. The predicted octanol–water partition coefficient (Wildman–Crippen LogP) is -0.207. The van der Waals surface area contributed by atoms with Gasteiger partial charge >= 0.3 is 0 Å². The van der Waals surface area contributed by atoms with E-state index in [1.807, 2.05) is 6.92 Å².